The second-order valence-corrected chi connectivity index (χ2v) is 7.82. The third-order valence-electron chi connectivity index (χ3n) is 3.82. The molecule has 2 rings (SSSR count). The van der Waals surface area contributed by atoms with Crippen LogP contribution in [0.5, 0.6) is 0 Å². The van der Waals surface area contributed by atoms with Gasteiger partial charge in [-0.25, -0.2) is 17.2 Å². The topological polar surface area (TPSA) is 57.6 Å². The Balaban J connectivity index is 2.50. The third-order valence-corrected chi connectivity index (χ3v) is 5.74. The zero-order valence-electron chi connectivity index (χ0n) is 12.2. The molecule has 0 bridgehead atoms. The van der Waals surface area contributed by atoms with Crippen molar-refractivity contribution in [2.45, 2.75) is 50.2 Å². The Kier molecular flexibility index (Phi) is 4.12. The van der Waals surface area contributed by atoms with Gasteiger partial charge in [-0.1, -0.05) is 0 Å². The summed E-state index contributed by atoms with van der Waals surface area (Å²) in [5.41, 5.74) is -1.20. The van der Waals surface area contributed by atoms with Crippen molar-refractivity contribution in [3.8, 4) is 0 Å². The Morgan fingerprint density at radius 2 is 1.90 bits per heavy atom. The molecule has 4 nitrogen and oxygen atoms in total. The van der Waals surface area contributed by atoms with Crippen molar-refractivity contribution in [1.29, 1.82) is 0 Å². The highest BCUT2D eigenvalue weighted by atomic mass is 32.2. The first kappa shape index (κ1) is 16.3. The molecule has 1 atom stereocenters. The van der Waals surface area contributed by atoms with Crippen molar-refractivity contribution in [1.82, 2.24) is 4.31 Å². The predicted molar refractivity (Wildman–Crippen MR) is 74.3 cm³/mol. The lowest BCUT2D eigenvalue weighted by molar-refractivity contribution is 0.0214. The molecule has 118 valence electrons. The first-order valence-electron chi connectivity index (χ1n) is 6.75. The van der Waals surface area contributed by atoms with Crippen LogP contribution < -0.4 is 0 Å². The molecule has 1 unspecified atom stereocenters. The van der Waals surface area contributed by atoms with Crippen LogP contribution in [0.3, 0.4) is 0 Å². The van der Waals surface area contributed by atoms with Crippen LogP contribution in [-0.4, -0.2) is 36.0 Å². The van der Waals surface area contributed by atoms with E-state index in [-0.39, 0.29) is 12.1 Å². The lowest BCUT2D eigenvalue weighted by Gasteiger charge is -2.33. The molecule has 21 heavy (non-hydrogen) atoms. The molecule has 1 aliphatic heterocycles. The van der Waals surface area contributed by atoms with Crippen LogP contribution in [0.4, 0.5) is 8.78 Å². The van der Waals surface area contributed by atoms with Gasteiger partial charge in [-0.3, -0.25) is 0 Å². The highest BCUT2D eigenvalue weighted by Crippen LogP contribution is 2.33. The summed E-state index contributed by atoms with van der Waals surface area (Å²) in [6.45, 7) is 4.57. The van der Waals surface area contributed by atoms with Gasteiger partial charge >= 0.3 is 0 Å². The maximum absolute atomic E-state index is 14.0. The van der Waals surface area contributed by atoms with Gasteiger partial charge in [0.25, 0.3) is 0 Å². The molecule has 0 aliphatic carbocycles. The molecule has 0 radical (unpaired) electrons. The Hall–Kier alpha value is -1.05. The van der Waals surface area contributed by atoms with Crippen molar-refractivity contribution in [3.63, 3.8) is 0 Å². The Morgan fingerprint density at radius 3 is 2.48 bits per heavy atom. The molecule has 1 saturated heterocycles. The van der Waals surface area contributed by atoms with Crippen molar-refractivity contribution in [2.75, 3.05) is 6.54 Å². The fourth-order valence-corrected chi connectivity index (χ4v) is 4.56. The first-order chi connectivity index (χ1) is 9.55. The van der Waals surface area contributed by atoms with E-state index in [1.54, 1.807) is 0 Å². The molecule has 1 heterocycles. The van der Waals surface area contributed by atoms with Crippen LogP contribution in [0, 0.1) is 18.6 Å². The Morgan fingerprint density at radius 1 is 1.29 bits per heavy atom. The fourth-order valence-electron chi connectivity index (χ4n) is 2.69. The first-order valence-corrected chi connectivity index (χ1v) is 8.19. The molecule has 7 heteroatoms. The predicted octanol–water partition coefficient (Wildman–Crippen LogP) is 2.20. The fraction of sp³-hybridized carbons (Fsp3) is 0.571. The van der Waals surface area contributed by atoms with E-state index in [9.17, 15) is 22.3 Å². The summed E-state index contributed by atoms with van der Waals surface area (Å²) in [5.74, 6) is -1.75. The number of nitrogens with zero attached hydrogens (tertiary/aromatic N) is 1. The normalized spacial score (nSPS) is 21.0. The van der Waals surface area contributed by atoms with E-state index >= 15 is 0 Å². The van der Waals surface area contributed by atoms with Crippen LogP contribution in [0.2, 0.25) is 0 Å². The van der Waals surface area contributed by atoms with E-state index in [1.165, 1.54) is 20.8 Å². The van der Waals surface area contributed by atoms with Gasteiger partial charge in [0.1, 0.15) is 16.5 Å². The maximum Gasteiger partial charge on any atom is 0.246 e. The minimum Gasteiger partial charge on any atom is -0.389 e. The van der Waals surface area contributed by atoms with Crippen molar-refractivity contribution in [3.05, 3.63) is 29.3 Å². The van der Waals surface area contributed by atoms with Crippen molar-refractivity contribution >= 4 is 10.0 Å². The minimum absolute atomic E-state index is 0.0481. The summed E-state index contributed by atoms with van der Waals surface area (Å²) >= 11 is 0. The maximum atomic E-state index is 14.0. The number of hydrogen-bond donors (Lipinski definition) is 1. The summed E-state index contributed by atoms with van der Waals surface area (Å²) in [6.07, 6.45) is 1.06. The van der Waals surface area contributed by atoms with Gasteiger partial charge in [0.2, 0.25) is 10.0 Å². The summed E-state index contributed by atoms with van der Waals surface area (Å²) in [5, 5.41) is 10.1. The molecule has 1 N–H and O–H groups in total. The van der Waals surface area contributed by atoms with Crippen molar-refractivity contribution < 1.29 is 22.3 Å². The molecule has 0 saturated carbocycles. The number of aliphatic hydroxyl groups is 1. The highest BCUT2D eigenvalue weighted by Gasteiger charge is 2.43. The highest BCUT2D eigenvalue weighted by molar-refractivity contribution is 7.89. The number of aryl methyl sites for hydroxylation is 1. The largest absolute Gasteiger partial charge is 0.389 e. The van der Waals surface area contributed by atoms with E-state index < -0.39 is 38.2 Å². The lowest BCUT2D eigenvalue weighted by Crippen LogP contribution is -2.48. The molecule has 0 spiro atoms. The quantitative estimate of drug-likeness (QED) is 0.929. The molecule has 1 aromatic carbocycles. The Bertz CT molecular complexity index is 653. The summed E-state index contributed by atoms with van der Waals surface area (Å²) in [4.78, 5) is -0.679. The second-order valence-electron chi connectivity index (χ2n) is 5.96. The molecular formula is C14H19F2NO3S. The molecule has 1 fully saturated rings. The van der Waals surface area contributed by atoms with Crippen LogP contribution in [0.1, 0.15) is 32.3 Å². The van der Waals surface area contributed by atoms with Crippen molar-refractivity contribution in [2.24, 2.45) is 0 Å². The van der Waals surface area contributed by atoms with E-state index in [1.807, 2.05) is 0 Å². The molecular weight excluding hydrogens is 300 g/mol. The summed E-state index contributed by atoms with van der Waals surface area (Å²) in [7, 11) is -4.18. The van der Waals surface area contributed by atoms with Gasteiger partial charge < -0.3 is 5.11 Å². The standard InChI is InChI=1S/C14H19F2NO3S/c1-9-7-11(16)12(8-10(9)15)21(19,20)17-6-4-5-13(17)14(2,3)18/h7-8,13,18H,4-6H2,1-3H3. The molecule has 0 amide bonds. The smallest absolute Gasteiger partial charge is 0.246 e. The van der Waals surface area contributed by atoms with Crippen LogP contribution in [-0.2, 0) is 10.0 Å². The number of halogens is 2. The molecule has 1 aromatic rings. The number of hydrogen-bond acceptors (Lipinski definition) is 3. The van der Waals surface area contributed by atoms with Gasteiger partial charge in [0.05, 0.1) is 11.6 Å². The SMILES string of the molecule is Cc1cc(F)c(S(=O)(=O)N2CCCC2C(C)(C)O)cc1F. The average molecular weight is 319 g/mol. The summed E-state index contributed by atoms with van der Waals surface area (Å²) in [6, 6.07) is 0.934. The van der Waals surface area contributed by atoms with E-state index in [0.717, 1.165) is 10.4 Å². The van der Waals surface area contributed by atoms with E-state index in [0.29, 0.717) is 18.9 Å². The monoisotopic (exact) mass is 319 g/mol. The van der Waals surface area contributed by atoms with Crippen LogP contribution in [0.25, 0.3) is 0 Å². The van der Waals surface area contributed by atoms with Gasteiger partial charge in [-0.15, -0.1) is 0 Å². The average Bonchev–Trinajstić information content (AvgIpc) is 2.83. The van der Waals surface area contributed by atoms with Gasteiger partial charge in [-0.05, 0) is 51.3 Å². The van der Waals surface area contributed by atoms with E-state index in [2.05, 4.69) is 0 Å². The number of rotatable bonds is 3. The van der Waals surface area contributed by atoms with Crippen LogP contribution >= 0.6 is 0 Å². The summed E-state index contributed by atoms with van der Waals surface area (Å²) < 4.78 is 53.8. The third kappa shape index (κ3) is 2.95. The van der Waals surface area contributed by atoms with Gasteiger partial charge in [0, 0.05) is 6.54 Å². The van der Waals surface area contributed by atoms with Gasteiger partial charge in [-0.2, -0.15) is 4.31 Å². The van der Waals surface area contributed by atoms with E-state index in [4.69, 9.17) is 0 Å². The lowest BCUT2D eigenvalue weighted by atomic mass is 9.98. The second kappa shape index (κ2) is 5.30. The number of benzene rings is 1. The van der Waals surface area contributed by atoms with Crippen LogP contribution in [0.15, 0.2) is 17.0 Å². The molecule has 1 aliphatic rings. The minimum atomic E-state index is -4.18. The zero-order valence-corrected chi connectivity index (χ0v) is 13.0. The number of sulfonamides is 1. The Labute approximate surface area is 123 Å². The van der Waals surface area contributed by atoms with Gasteiger partial charge in [0.15, 0.2) is 0 Å². The zero-order chi connectivity index (χ0) is 16.0. The molecule has 0 aromatic heterocycles.